The average molecular weight is 362 g/mol. The van der Waals surface area contributed by atoms with E-state index in [0.29, 0.717) is 24.3 Å². The Bertz CT molecular complexity index is 514. The lowest BCUT2D eigenvalue weighted by Crippen LogP contribution is -2.52. The molecule has 1 aliphatic heterocycles. The molecule has 1 atom stereocenters. The monoisotopic (exact) mass is 361 g/mol. The molecule has 0 radical (unpaired) electrons. The van der Waals surface area contributed by atoms with Crippen molar-refractivity contribution in [2.75, 3.05) is 26.8 Å². The van der Waals surface area contributed by atoms with Crippen molar-refractivity contribution in [2.45, 2.75) is 12.8 Å². The third-order valence-electron chi connectivity index (χ3n) is 3.52. The van der Waals surface area contributed by atoms with Gasteiger partial charge in [0.15, 0.2) is 0 Å². The van der Waals surface area contributed by atoms with Gasteiger partial charge in [0.2, 0.25) is 0 Å². The van der Waals surface area contributed by atoms with Crippen LogP contribution >= 0.6 is 27.3 Å². The quantitative estimate of drug-likeness (QED) is 0.894. The van der Waals surface area contributed by atoms with E-state index in [4.69, 9.17) is 4.74 Å². The first-order chi connectivity index (χ1) is 9.48. The summed E-state index contributed by atoms with van der Waals surface area (Å²) in [5.41, 5.74) is -0.989. The number of carbonyl (C=O) groups is 2. The lowest BCUT2D eigenvalue weighted by atomic mass is 9.80. The summed E-state index contributed by atoms with van der Waals surface area (Å²) < 4.78 is 5.93. The van der Waals surface area contributed by atoms with Gasteiger partial charge in [-0.15, -0.1) is 11.3 Å². The summed E-state index contributed by atoms with van der Waals surface area (Å²) in [7, 11) is 1.49. The van der Waals surface area contributed by atoms with Gasteiger partial charge in [-0.2, -0.15) is 0 Å². The number of rotatable bonds is 4. The number of ether oxygens (including phenoxy) is 1. The van der Waals surface area contributed by atoms with E-state index in [1.807, 2.05) is 5.38 Å². The number of carbonyl (C=O) groups excluding carboxylic acids is 1. The largest absolute Gasteiger partial charge is 0.481 e. The van der Waals surface area contributed by atoms with Gasteiger partial charge < -0.3 is 14.7 Å². The number of piperidine rings is 1. The molecule has 1 saturated heterocycles. The number of amides is 1. The molecule has 1 unspecified atom stereocenters. The standard InChI is InChI=1S/C13H16BrNO4S/c1-19-8-13(12(17)18)3-2-4-15(7-13)11(16)10-5-9(14)6-20-10/h5-6H,2-4,7-8H2,1H3,(H,17,18). The summed E-state index contributed by atoms with van der Waals surface area (Å²) in [6.45, 7) is 0.915. The second-order valence-electron chi connectivity index (χ2n) is 4.98. The molecule has 1 aliphatic rings. The zero-order valence-corrected chi connectivity index (χ0v) is 13.5. The molecule has 2 rings (SSSR count). The Kier molecular flexibility index (Phi) is 4.82. The third-order valence-corrected chi connectivity index (χ3v) is 5.20. The van der Waals surface area contributed by atoms with Crippen LogP contribution in [0.15, 0.2) is 15.9 Å². The number of carboxylic acids is 1. The van der Waals surface area contributed by atoms with Crippen molar-refractivity contribution in [1.82, 2.24) is 4.90 Å². The Labute approximate surface area is 129 Å². The van der Waals surface area contributed by atoms with Crippen LogP contribution in [0.5, 0.6) is 0 Å². The van der Waals surface area contributed by atoms with Crippen LogP contribution in [-0.4, -0.2) is 48.7 Å². The maximum absolute atomic E-state index is 12.4. The molecule has 5 nitrogen and oxygen atoms in total. The van der Waals surface area contributed by atoms with Gasteiger partial charge in [0.25, 0.3) is 5.91 Å². The predicted molar refractivity (Wildman–Crippen MR) is 79.1 cm³/mol. The highest BCUT2D eigenvalue weighted by molar-refractivity contribution is 9.10. The average Bonchev–Trinajstić information content (AvgIpc) is 2.85. The lowest BCUT2D eigenvalue weighted by molar-refractivity contribution is -0.155. The topological polar surface area (TPSA) is 66.8 Å². The van der Waals surface area contributed by atoms with Crippen LogP contribution in [0, 0.1) is 5.41 Å². The highest BCUT2D eigenvalue weighted by Crippen LogP contribution is 2.32. The number of hydrogen-bond donors (Lipinski definition) is 1. The molecule has 1 amide bonds. The number of aliphatic carboxylic acids is 1. The van der Waals surface area contributed by atoms with E-state index in [-0.39, 0.29) is 19.1 Å². The molecule has 0 aromatic carbocycles. The Morgan fingerprint density at radius 3 is 2.90 bits per heavy atom. The van der Waals surface area contributed by atoms with Gasteiger partial charge in [-0.05, 0) is 34.8 Å². The fourth-order valence-electron chi connectivity index (χ4n) is 2.52. The number of methoxy groups -OCH3 is 1. The molecule has 7 heteroatoms. The summed E-state index contributed by atoms with van der Waals surface area (Å²) in [6.07, 6.45) is 1.21. The van der Waals surface area contributed by atoms with E-state index in [0.717, 1.165) is 4.47 Å². The summed E-state index contributed by atoms with van der Waals surface area (Å²) in [6, 6.07) is 1.76. The molecule has 110 valence electrons. The molecular formula is C13H16BrNO4S. The van der Waals surface area contributed by atoms with Crippen molar-refractivity contribution >= 4 is 39.1 Å². The summed E-state index contributed by atoms with van der Waals surface area (Å²) in [5, 5.41) is 11.3. The molecule has 1 N–H and O–H groups in total. The zero-order chi connectivity index (χ0) is 14.8. The second kappa shape index (κ2) is 6.24. The molecule has 0 spiro atoms. The molecule has 0 saturated carbocycles. The van der Waals surface area contributed by atoms with Crippen LogP contribution in [0.4, 0.5) is 0 Å². The number of carboxylic acid groups (broad SMARTS) is 1. The minimum Gasteiger partial charge on any atom is -0.481 e. The summed E-state index contributed by atoms with van der Waals surface area (Å²) in [4.78, 5) is 26.2. The van der Waals surface area contributed by atoms with Gasteiger partial charge in [0, 0.05) is 30.1 Å². The smallest absolute Gasteiger partial charge is 0.313 e. The van der Waals surface area contributed by atoms with Gasteiger partial charge in [0.1, 0.15) is 5.41 Å². The number of hydrogen-bond acceptors (Lipinski definition) is 4. The summed E-state index contributed by atoms with van der Waals surface area (Å²) in [5.74, 6) is -1.01. The van der Waals surface area contributed by atoms with Crippen molar-refractivity contribution in [3.63, 3.8) is 0 Å². The Morgan fingerprint density at radius 2 is 2.35 bits per heavy atom. The first-order valence-corrected chi connectivity index (χ1v) is 7.91. The van der Waals surface area contributed by atoms with Gasteiger partial charge >= 0.3 is 5.97 Å². The van der Waals surface area contributed by atoms with E-state index >= 15 is 0 Å². The number of halogens is 1. The van der Waals surface area contributed by atoms with Crippen molar-refractivity contribution in [1.29, 1.82) is 0 Å². The molecule has 1 aromatic rings. The van der Waals surface area contributed by atoms with Crippen molar-refractivity contribution in [3.8, 4) is 0 Å². The van der Waals surface area contributed by atoms with E-state index in [1.54, 1.807) is 11.0 Å². The van der Waals surface area contributed by atoms with Crippen LogP contribution in [0.1, 0.15) is 22.5 Å². The van der Waals surface area contributed by atoms with Crippen molar-refractivity contribution in [2.24, 2.45) is 5.41 Å². The molecule has 0 bridgehead atoms. The first-order valence-electron chi connectivity index (χ1n) is 6.24. The number of likely N-dealkylation sites (tertiary alicyclic amines) is 1. The fourth-order valence-corrected chi connectivity index (χ4v) is 3.91. The molecule has 1 fully saturated rings. The van der Waals surface area contributed by atoms with Crippen molar-refractivity contribution < 1.29 is 19.4 Å². The van der Waals surface area contributed by atoms with Gasteiger partial charge in [-0.3, -0.25) is 9.59 Å². The predicted octanol–water partition coefficient (Wildman–Crippen LogP) is 2.46. The maximum atomic E-state index is 12.4. The Morgan fingerprint density at radius 1 is 1.60 bits per heavy atom. The molecular weight excluding hydrogens is 346 g/mol. The van der Waals surface area contributed by atoms with Crippen LogP contribution in [0.3, 0.4) is 0 Å². The van der Waals surface area contributed by atoms with Gasteiger partial charge in [-0.1, -0.05) is 0 Å². The highest BCUT2D eigenvalue weighted by Gasteiger charge is 2.44. The van der Waals surface area contributed by atoms with Crippen LogP contribution in [0.2, 0.25) is 0 Å². The van der Waals surface area contributed by atoms with E-state index in [9.17, 15) is 14.7 Å². The zero-order valence-electron chi connectivity index (χ0n) is 11.1. The van der Waals surface area contributed by atoms with Crippen LogP contribution < -0.4 is 0 Å². The second-order valence-corrected chi connectivity index (χ2v) is 6.80. The van der Waals surface area contributed by atoms with Crippen LogP contribution in [-0.2, 0) is 9.53 Å². The Hall–Kier alpha value is -0.920. The highest BCUT2D eigenvalue weighted by atomic mass is 79.9. The van der Waals surface area contributed by atoms with Crippen LogP contribution in [0.25, 0.3) is 0 Å². The minimum absolute atomic E-state index is 0.109. The first kappa shape index (κ1) is 15.5. The van der Waals surface area contributed by atoms with Crippen molar-refractivity contribution in [3.05, 3.63) is 20.8 Å². The van der Waals surface area contributed by atoms with E-state index < -0.39 is 11.4 Å². The molecule has 2 heterocycles. The maximum Gasteiger partial charge on any atom is 0.313 e. The van der Waals surface area contributed by atoms with Gasteiger partial charge in [0.05, 0.1) is 11.5 Å². The molecule has 0 aliphatic carbocycles. The fraction of sp³-hybridized carbons (Fsp3) is 0.538. The normalized spacial score (nSPS) is 22.8. The number of thiophene rings is 1. The molecule has 1 aromatic heterocycles. The lowest BCUT2D eigenvalue weighted by Gasteiger charge is -2.39. The molecule has 20 heavy (non-hydrogen) atoms. The SMILES string of the molecule is COCC1(C(=O)O)CCCN(C(=O)c2cc(Br)cs2)C1. The van der Waals surface area contributed by atoms with Gasteiger partial charge in [-0.25, -0.2) is 0 Å². The Balaban J connectivity index is 2.17. The third kappa shape index (κ3) is 3.05. The van der Waals surface area contributed by atoms with E-state index in [1.165, 1.54) is 18.4 Å². The minimum atomic E-state index is -0.989. The number of nitrogens with zero attached hydrogens (tertiary/aromatic N) is 1. The van der Waals surface area contributed by atoms with E-state index in [2.05, 4.69) is 15.9 Å². The summed E-state index contributed by atoms with van der Waals surface area (Å²) >= 11 is 4.68.